The van der Waals surface area contributed by atoms with E-state index in [1.807, 2.05) is 0 Å². The zero-order valence-electron chi connectivity index (χ0n) is 11.4. The van der Waals surface area contributed by atoms with Crippen LogP contribution in [0.4, 0.5) is 0 Å². The molecule has 0 aliphatic heterocycles. The maximum atomic E-state index is 11.4. The summed E-state index contributed by atoms with van der Waals surface area (Å²) < 4.78 is 0. The van der Waals surface area contributed by atoms with E-state index in [-0.39, 0.29) is 11.4 Å². The highest BCUT2D eigenvalue weighted by atomic mass is 16.1. The van der Waals surface area contributed by atoms with E-state index in [2.05, 4.69) is 39.9 Å². The first-order valence-electron chi connectivity index (χ1n) is 6.50. The lowest BCUT2D eigenvalue weighted by molar-refractivity contribution is -0.123. The summed E-state index contributed by atoms with van der Waals surface area (Å²) in [5.74, 6) is 2.81. The van der Waals surface area contributed by atoms with Gasteiger partial charge in [0.05, 0.1) is 0 Å². The van der Waals surface area contributed by atoms with Gasteiger partial charge < -0.3 is 5.32 Å². The number of carbonyl (C=O) groups excluding carboxylic acids is 1. The Morgan fingerprint density at radius 2 is 1.69 bits per heavy atom. The van der Waals surface area contributed by atoms with Gasteiger partial charge in [0, 0.05) is 12.5 Å². The van der Waals surface area contributed by atoms with Gasteiger partial charge in [0.1, 0.15) is 0 Å². The number of rotatable bonds is 1. The lowest BCUT2D eigenvalue weighted by Gasteiger charge is -2.50. The second-order valence-corrected chi connectivity index (χ2v) is 6.81. The summed E-state index contributed by atoms with van der Waals surface area (Å²) >= 11 is 0. The van der Waals surface area contributed by atoms with Gasteiger partial charge in [-0.05, 0) is 42.4 Å². The largest absolute Gasteiger partial charge is 0.351 e. The average Bonchev–Trinajstić information content (AvgIpc) is 2.50. The highest BCUT2D eigenvalue weighted by Crippen LogP contribution is 2.65. The van der Waals surface area contributed by atoms with Crippen molar-refractivity contribution < 1.29 is 4.79 Å². The Balaban J connectivity index is 2.31. The van der Waals surface area contributed by atoms with Gasteiger partial charge in [-0.1, -0.05) is 27.7 Å². The van der Waals surface area contributed by atoms with Gasteiger partial charge in [0.25, 0.3) is 0 Å². The second kappa shape index (κ2) is 3.24. The van der Waals surface area contributed by atoms with Gasteiger partial charge >= 0.3 is 0 Å². The van der Waals surface area contributed by atoms with E-state index in [9.17, 15) is 4.79 Å². The van der Waals surface area contributed by atoms with Gasteiger partial charge in [0.15, 0.2) is 0 Å². The standard InChI is InChI=1S/C14H25NO/c1-8-12-7-11(13(8,4)5)9(2)14(12,6)15-10(3)16/h8-9,11-12H,7H2,1-6H3,(H,15,16)/t8-,9+,11-,12+,14-/m1/s1. The first-order chi connectivity index (χ1) is 7.21. The fourth-order valence-corrected chi connectivity index (χ4v) is 4.59. The fraction of sp³-hybridized carbons (Fsp3) is 0.929. The van der Waals surface area contributed by atoms with Crippen LogP contribution >= 0.6 is 0 Å². The van der Waals surface area contributed by atoms with Gasteiger partial charge in [-0.3, -0.25) is 4.79 Å². The zero-order valence-corrected chi connectivity index (χ0v) is 11.4. The number of carbonyl (C=O) groups is 1. The highest BCUT2D eigenvalue weighted by Gasteiger charge is 2.64. The number of hydrogen-bond donors (Lipinski definition) is 1. The average molecular weight is 223 g/mol. The predicted molar refractivity (Wildman–Crippen MR) is 65.9 cm³/mol. The molecule has 0 aromatic heterocycles. The van der Waals surface area contributed by atoms with Crippen molar-refractivity contribution in [2.24, 2.45) is 29.1 Å². The molecule has 0 spiro atoms. The number of nitrogens with one attached hydrogen (secondary N) is 1. The molecule has 2 heteroatoms. The van der Waals surface area contributed by atoms with Crippen molar-refractivity contribution in [3.8, 4) is 0 Å². The van der Waals surface area contributed by atoms with Gasteiger partial charge in [0.2, 0.25) is 5.91 Å². The van der Waals surface area contributed by atoms with Crippen LogP contribution in [0.5, 0.6) is 0 Å². The summed E-state index contributed by atoms with van der Waals surface area (Å²) in [5.41, 5.74) is 0.452. The fourth-order valence-electron chi connectivity index (χ4n) is 4.59. The zero-order chi connectivity index (χ0) is 12.3. The van der Waals surface area contributed by atoms with Crippen molar-refractivity contribution in [1.82, 2.24) is 5.32 Å². The Bertz CT molecular complexity index is 323. The summed E-state index contributed by atoms with van der Waals surface area (Å²) in [4.78, 5) is 11.4. The Morgan fingerprint density at radius 3 is 2.12 bits per heavy atom. The second-order valence-electron chi connectivity index (χ2n) is 6.81. The molecule has 2 nitrogen and oxygen atoms in total. The Kier molecular flexibility index (Phi) is 2.42. The maximum absolute atomic E-state index is 11.4. The molecule has 1 amide bonds. The SMILES string of the molecule is CC(=O)N[C@]1(C)[C@@H](C)[C@H]2C[C@H]1[C@@H](C)C2(C)C. The maximum Gasteiger partial charge on any atom is 0.217 e. The van der Waals surface area contributed by atoms with E-state index in [0.29, 0.717) is 23.2 Å². The lowest BCUT2D eigenvalue weighted by Crippen LogP contribution is -2.58. The molecule has 0 aromatic carbocycles. The quantitative estimate of drug-likeness (QED) is 0.727. The monoisotopic (exact) mass is 223 g/mol. The number of amides is 1. The molecule has 2 bridgehead atoms. The summed E-state index contributed by atoms with van der Waals surface area (Å²) in [6, 6.07) is 0. The molecule has 5 atom stereocenters. The molecule has 0 unspecified atom stereocenters. The molecular weight excluding hydrogens is 198 g/mol. The molecule has 0 heterocycles. The molecule has 2 fully saturated rings. The summed E-state index contributed by atoms with van der Waals surface area (Å²) in [7, 11) is 0. The van der Waals surface area contributed by atoms with E-state index in [4.69, 9.17) is 0 Å². The minimum absolute atomic E-state index is 0.0193. The van der Waals surface area contributed by atoms with Crippen LogP contribution in [0.15, 0.2) is 0 Å². The van der Waals surface area contributed by atoms with E-state index in [0.717, 1.165) is 5.92 Å². The van der Waals surface area contributed by atoms with Crippen LogP contribution in [0.2, 0.25) is 0 Å². The van der Waals surface area contributed by atoms with Crippen LogP contribution in [0.25, 0.3) is 0 Å². The normalized spacial score (nSPS) is 49.4. The van der Waals surface area contributed by atoms with Crippen LogP contribution < -0.4 is 5.32 Å². The van der Waals surface area contributed by atoms with Gasteiger partial charge in [-0.15, -0.1) is 0 Å². The Hall–Kier alpha value is -0.530. The Morgan fingerprint density at radius 1 is 1.12 bits per heavy atom. The molecule has 2 aliphatic carbocycles. The molecule has 0 aromatic rings. The molecule has 2 rings (SSSR count). The van der Waals surface area contributed by atoms with Crippen LogP contribution in [0.3, 0.4) is 0 Å². The van der Waals surface area contributed by atoms with Crippen molar-refractivity contribution in [1.29, 1.82) is 0 Å². The summed E-state index contributed by atoms with van der Waals surface area (Å²) in [6.07, 6.45) is 1.28. The van der Waals surface area contributed by atoms with E-state index in [1.54, 1.807) is 6.92 Å². The molecule has 92 valence electrons. The summed E-state index contributed by atoms with van der Waals surface area (Å²) in [6.45, 7) is 13.3. The molecule has 0 saturated heterocycles. The third kappa shape index (κ3) is 1.28. The third-order valence-electron chi connectivity index (χ3n) is 6.01. The first-order valence-corrected chi connectivity index (χ1v) is 6.50. The number of fused-ring (bicyclic) bond motifs is 2. The van der Waals surface area contributed by atoms with Gasteiger partial charge in [-0.2, -0.15) is 0 Å². The number of hydrogen-bond acceptors (Lipinski definition) is 1. The molecule has 16 heavy (non-hydrogen) atoms. The van der Waals surface area contributed by atoms with E-state index < -0.39 is 0 Å². The van der Waals surface area contributed by atoms with Crippen molar-refractivity contribution in [2.75, 3.05) is 0 Å². The van der Waals surface area contributed by atoms with Crippen molar-refractivity contribution in [2.45, 2.75) is 53.5 Å². The minimum Gasteiger partial charge on any atom is -0.351 e. The van der Waals surface area contributed by atoms with Crippen molar-refractivity contribution >= 4 is 5.91 Å². The molecule has 2 aliphatic rings. The van der Waals surface area contributed by atoms with Crippen molar-refractivity contribution in [3.05, 3.63) is 0 Å². The molecule has 1 N–H and O–H groups in total. The molecule has 0 radical (unpaired) electrons. The molecule has 2 saturated carbocycles. The van der Waals surface area contributed by atoms with E-state index in [1.165, 1.54) is 6.42 Å². The molecular formula is C14H25NO. The third-order valence-corrected chi connectivity index (χ3v) is 6.01. The van der Waals surface area contributed by atoms with Crippen LogP contribution in [-0.4, -0.2) is 11.4 Å². The smallest absolute Gasteiger partial charge is 0.217 e. The predicted octanol–water partition coefficient (Wildman–Crippen LogP) is 2.83. The first kappa shape index (κ1) is 11.9. The minimum atomic E-state index is 0.0193. The summed E-state index contributed by atoms with van der Waals surface area (Å²) in [5, 5.41) is 3.23. The lowest BCUT2D eigenvalue weighted by atomic mass is 9.59. The van der Waals surface area contributed by atoms with E-state index >= 15 is 0 Å². The van der Waals surface area contributed by atoms with Crippen LogP contribution in [0.1, 0.15) is 48.0 Å². The van der Waals surface area contributed by atoms with Gasteiger partial charge in [-0.25, -0.2) is 0 Å². The van der Waals surface area contributed by atoms with Crippen LogP contribution in [0, 0.1) is 29.1 Å². The van der Waals surface area contributed by atoms with Crippen molar-refractivity contribution in [3.63, 3.8) is 0 Å². The Labute approximate surface area is 99.2 Å². The topological polar surface area (TPSA) is 29.1 Å². The highest BCUT2D eigenvalue weighted by molar-refractivity contribution is 5.74. The van der Waals surface area contributed by atoms with Crippen LogP contribution in [-0.2, 0) is 4.79 Å².